The van der Waals surface area contributed by atoms with Crippen LogP contribution in [-0.4, -0.2) is 38.0 Å². The second kappa shape index (κ2) is 6.65. The monoisotopic (exact) mass is 378 g/mol. The summed E-state index contributed by atoms with van der Waals surface area (Å²) in [6, 6.07) is 4.19. The average molecular weight is 378 g/mol. The van der Waals surface area contributed by atoms with Crippen LogP contribution in [0.3, 0.4) is 0 Å². The first kappa shape index (κ1) is 16.4. The summed E-state index contributed by atoms with van der Waals surface area (Å²) in [5.74, 6) is -0.481. The van der Waals surface area contributed by atoms with E-state index in [-0.39, 0.29) is 17.1 Å². The first-order valence-corrected chi connectivity index (χ1v) is 7.17. The number of rotatable bonds is 5. The molecule has 0 atom stereocenters. The van der Waals surface area contributed by atoms with E-state index in [0.29, 0.717) is 15.7 Å². The summed E-state index contributed by atoms with van der Waals surface area (Å²) in [4.78, 5) is 14.1. The number of carbonyl (C=O) groups is 1. The normalized spacial score (nSPS) is 11.7. The number of nitrogens with one attached hydrogen (secondary N) is 1. The molecule has 0 spiro atoms. The molecule has 5 heteroatoms. The molecule has 1 rings (SSSR count). The second-order valence-electron chi connectivity index (χ2n) is 5.71. The summed E-state index contributed by atoms with van der Waals surface area (Å²) in [5, 5.41) is 2.91. The largest absolute Gasteiger partial charge is 0.351 e. The van der Waals surface area contributed by atoms with Crippen LogP contribution in [0.1, 0.15) is 24.2 Å². The van der Waals surface area contributed by atoms with Crippen LogP contribution >= 0.6 is 22.6 Å². The van der Waals surface area contributed by atoms with Crippen LogP contribution in [0.4, 0.5) is 4.39 Å². The lowest BCUT2D eigenvalue weighted by molar-refractivity contribution is 0.0928. The van der Waals surface area contributed by atoms with Crippen molar-refractivity contribution in [2.24, 2.45) is 5.41 Å². The molecule has 0 aliphatic heterocycles. The molecule has 19 heavy (non-hydrogen) atoms. The number of hydrogen-bond acceptors (Lipinski definition) is 2. The molecule has 0 heterocycles. The predicted octanol–water partition coefficient (Wildman–Crippen LogP) is 2.75. The zero-order chi connectivity index (χ0) is 14.6. The lowest BCUT2D eigenvalue weighted by Crippen LogP contribution is -2.40. The smallest absolute Gasteiger partial charge is 0.252 e. The molecule has 106 valence electrons. The molecule has 0 aliphatic carbocycles. The van der Waals surface area contributed by atoms with Gasteiger partial charge in [0.25, 0.3) is 5.91 Å². The summed E-state index contributed by atoms with van der Waals surface area (Å²) >= 11 is 1.97. The van der Waals surface area contributed by atoms with Crippen LogP contribution in [-0.2, 0) is 0 Å². The van der Waals surface area contributed by atoms with E-state index in [1.807, 2.05) is 36.7 Å². The Morgan fingerprint density at radius 2 is 2.05 bits per heavy atom. The van der Waals surface area contributed by atoms with Gasteiger partial charge in [0.15, 0.2) is 0 Å². The van der Waals surface area contributed by atoms with Gasteiger partial charge in [0, 0.05) is 16.7 Å². The average Bonchev–Trinajstić information content (AvgIpc) is 2.24. The Hall–Kier alpha value is -0.690. The highest BCUT2D eigenvalue weighted by molar-refractivity contribution is 14.1. The lowest BCUT2D eigenvalue weighted by Gasteiger charge is -2.28. The summed E-state index contributed by atoms with van der Waals surface area (Å²) < 4.78 is 13.6. The van der Waals surface area contributed by atoms with Crippen molar-refractivity contribution in [3.8, 4) is 0 Å². The van der Waals surface area contributed by atoms with E-state index in [1.165, 1.54) is 18.2 Å². The third-order valence-corrected chi connectivity index (χ3v) is 3.54. The van der Waals surface area contributed by atoms with Crippen LogP contribution in [0.25, 0.3) is 0 Å². The first-order chi connectivity index (χ1) is 8.71. The predicted molar refractivity (Wildman–Crippen MR) is 83.8 cm³/mol. The Labute approximate surface area is 127 Å². The van der Waals surface area contributed by atoms with Crippen molar-refractivity contribution in [2.75, 3.05) is 27.2 Å². The van der Waals surface area contributed by atoms with E-state index in [2.05, 4.69) is 24.1 Å². The van der Waals surface area contributed by atoms with E-state index in [1.54, 1.807) is 0 Å². The van der Waals surface area contributed by atoms with Crippen molar-refractivity contribution in [2.45, 2.75) is 13.8 Å². The van der Waals surface area contributed by atoms with Gasteiger partial charge < -0.3 is 10.2 Å². The maximum atomic E-state index is 13.0. The highest BCUT2D eigenvalue weighted by atomic mass is 127. The number of nitrogens with zero attached hydrogens (tertiary/aromatic N) is 1. The molecule has 3 nitrogen and oxygen atoms in total. The topological polar surface area (TPSA) is 32.3 Å². The summed E-state index contributed by atoms with van der Waals surface area (Å²) in [6.45, 7) is 5.66. The summed E-state index contributed by atoms with van der Waals surface area (Å²) in [5.41, 5.74) is 0.507. The Bertz CT molecular complexity index is 461. The van der Waals surface area contributed by atoms with Crippen LogP contribution in [0.15, 0.2) is 18.2 Å². The fourth-order valence-electron chi connectivity index (χ4n) is 2.00. The van der Waals surface area contributed by atoms with E-state index >= 15 is 0 Å². The number of halogens is 2. The van der Waals surface area contributed by atoms with Gasteiger partial charge in [-0.15, -0.1) is 0 Å². The van der Waals surface area contributed by atoms with Gasteiger partial charge in [0.05, 0.1) is 5.56 Å². The van der Waals surface area contributed by atoms with Crippen molar-refractivity contribution in [1.82, 2.24) is 10.2 Å². The van der Waals surface area contributed by atoms with E-state index in [4.69, 9.17) is 0 Å². The van der Waals surface area contributed by atoms with E-state index < -0.39 is 0 Å². The molecule has 1 aromatic carbocycles. The van der Waals surface area contributed by atoms with Crippen LogP contribution < -0.4 is 5.32 Å². The third kappa shape index (κ3) is 5.44. The Morgan fingerprint density at radius 3 is 2.58 bits per heavy atom. The SMILES string of the molecule is CN(C)CC(C)(C)CNC(=O)c1ccc(F)cc1I. The molecule has 0 saturated heterocycles. The van der Waals surface area contributed by atoms with E-state index in [9.17, 15) is 9.18 Å². The molecule has 0 bridgehead atoms. The van der Waals surface area contributed by atoms with E-state index in [0.717, 1.165) is 6.54 Å². The fraction of sp³-hybridized carbons (Fsp3) is 0.500. The van der Waals surface area contributed by atoms with Crippen molar-refractivity contribution in [1.29, 1.82) is 0 Å². The molecule has 0 saturated carbocycles. The van der Waals surface area contributed by atoms with Gasteiger partial charge >= 0.3 is 0 Å². The summed E-state index contributed by atoms with van der Waals surface area (Å²) in [7, 11) is 4.01. The highest BCUT2D eigenvalue weighted by Crippen LogP contribution is 2.16. The summed E-state index contributed by atoms with van der Waals surface area (Å²) in [6.07, 6.45) is 0. The molecule has 1 aromatic rings. The fourth-order valence-corrected chi connectivity index (χ4v) is 2.72. The van der Waals surface area contributed by atoms with Gasteiger partial charge in [0.1, 0.15) is 5.82 Å². The maximum Gasteiger partial charge on any atom is 0.252 e. The minimum Gasteiger partial charge on any atom is -0.351 e. The number of amides is 1. The van der Waals surface area contributed by atoms with Gasteiger partial charge in [-0.3, -0.25) is 4.79 Å². The molecular formula is C14H20FIN2O. The number of carbonyl (C=O) groups excluding carboxylic acids is 1. The molecule has 0 radical (unpaired) electrons. The van der Waals surface area contributed by atoms with Crippen LogP contribution in [0.5, 0.6) is 0 Å². The minimum atomic E-state index is -0.325. The van der Waals surface area contributed by atoms with Crippen molar-refractivity contribution in [3.63, 3.8) is 0 Å². The zero-order valence-electron chi connectivity index (χ0n) is 11.8. The molecular weight excluding hydrogens is 358 g/mol. The zero-order valence-corrected chi connectivity index (χ0v) is 13.9. The third-order valence-electron chi connectivity index (χ3n) is 2.65. The molecule has 0 aromatic heterocycles. The maximum absolute atomic E-state index is 13.0. The molecule has 0 fully saturated rings. The Balaban J connectivity index is 2.65. The molecule has 1 N–H and O–H groups in total. The first-order valence-electron chi connectivity index (χ1n) is 6.09. The van der Waals surface area contributed by atoms with Crippen molar-refractivity contribution < 1.29 is 9.18 Å². The van der Waals surface area contributed by atoms with Gasteiger partial charge in [-0.2, -0.15) is 0 Å². The minimum absolute atomic E-state index is 0.00930. The quantitative estimate of drug-likeness (QED) is 0.800. The number of hydrogen-bond donors (Lipinski definition) is 1. The standard InChI is InChI=1S/C14H20FIN2O/c1-14(2,9-18(3)4)8-17-13(19)11-6-5-10(15)7-12(11)16/h5-7H,8-9H2,1-4H3,(H,17,19). The van der Waals surface area contributed by atoms with Gasteiger partial charge in [-0.05, 0) is 60.3 Å². The van der Waals surface area contributed by atoms with Gasteiger partial charge in [-0.25, -0.2) is 4.39 Å². The Kier molecular flexibility index (Phi) is 5.73. The van der Waals surface area contributed by atoms with Crippen LogP contribution in [0.2, 0.25) is 0 Å². The molecule has 0 unspecified atom stereocenters. The number of benzene rings is 1. The highest BCUT2D eigenvalue weighted by Gasteiger charge is 2.20. The van der Waals surface area contributed by atoms with Gasteiger partial charge in [0.2, 0.25) is 0 Å². The molecule has 1 amide bonds. The van der Waals surface area contributed by atoms with Crippen molar-refractivity contribution in [3.05, 3.63) is 33.1 Å². The molecule has 0 aliphatic rings. The van der Waals surface area contributed by atoms with Gasteiger partial charge in [-0.1, -0.05) is 13.8 Å². The Morgan fingerprint density at radius 1 is 1.42 bits per heavy atom. The van der Waals surface area contributed by atoms with Crippen molar-refractivity contribution >= 4 is 28.5 Å². The van der Waals surface area contributed by atoms with Crippen LogP contribution in [0, 0.1) is 14.8 Å². The lowest BCUT2D eigenvalue weighted by atomic mass is 9.93. The second-order valence-corrected chi connectivity index (χ2v) is 6.87.